The van der Waals surface area contributed by atoms with E-state index in [1.807, 2.05) is 70.2 Å². The summed E-state index contributed by atoms with van der Waals surface area (Å²) in [4.78, 5) is 27.1. The first-order valence-corrected chi connectivity index (χ1v) is 10.1. The molecule has 0 spiro atoms. The Hall–Kier alpha value is -2.82. The number of benzene rings is 2. The molecule has 5 nitrogen and oxygen atoms in total. The van der Waals surface area contributed by atoms with Gasteiger partial charge >= 0.3 is 0 Å². The molecule has 0 saturated carbocycles. The van der Waals surface area contributed by atoms with E-state index in [1.54, 1.807) is 11.8 Å². The molecule has 2 aromatic rings. The van der Waals surface area contributed by atoms with E-state index in [2.05, 4.69) is 5.32 Å². The molecule has 0 unspecified atom stereocenters. The van der Waals surface area contributed by atoms with Crippen LogP contribution in [0.3, 0.4) is 0 Å². The van der Waals surface area contributed by atoms with Crippen molar-refractivity contribution in [2.75, 3.05) is 13.2 Å². The van der Waals surface area contributed by atoms with E-state index in [9.17, 15) is 9.59 Å². The Labute approximate surface area is 174 Å². The highest BCUT2D eigenvalue weighted by Gasteiger charge is 2.26. The van der Waals surface area contributed by atoms with Crippen LogP contribution in [0.25, 0.3) is 0 Å². The molecule has 0 bridgehead atoms. The van der Waals surface area contributed by atoms with E-state index in [0.717, 1.165) is 28.7 Å². The van der Waals surface area contributed by atoms with Gasteiger partial charge in [-0.15, -0.1) is 0 Å². The Morgan fingerprint density at radius 3 is 2.45 bits per heavy atom. The van der Waals surface area contributed by atoms with Crippen molar-refractivity contribution in [3.8, 4) is 5.75 Å². The van der Waals surface area contributed by atoms with Gasteiger partial charge in [0.25, 0.3) is 5.91 Å². The van der Waals surface area contributed by atoms with E-state index < -0.39 is 6.04 Å². The Morgan fingerprint density at radius 1 is 1.07 bits per heavy atom. The van der Waals surface area contributed by atoms with Gasteiger partial charge in [0, 0.05) is 13.1 Å². The van der Waals surface area contributed by atoms with E-state index in [0.29, 0.717) is 18.8 Å². The fraction of sp³-hybridized carbons (Fsp3) is 0.417. The van der Waals surface area contributed by atoms with Gasteiger partial charge in [0.2, 0.25) is 5.91 Å². The highest BCUT2D eigenvalue weighted by atomic mass is 16.5. The number of hydrogen-bond donors (Lipinski definition) is 1. The second kappa shape index (κ2) is 10.6. The third-order valence-electron chi connectivity index (χ3n) is 4.83. The van der Waals surface area contributed by atoms with Crippen LogP contribution in [-0.2, 0) is 16.1 Å². The Kier molecular flexibility index (Phi) is 8.25. The molecule has 0 radical (unpaired) electrons. The number of nitrogens with zero attached hydrogens (tertiary/aromatic N) is 1. The predicted octanol–water partition coefficient (Wildman–Crippen LogP) is 3.93. The van der Waals surface area contributed by atoms with Crippen molar-refractivity contribution in [3.63, 3.8) is 0 Å². The first-order valence-electron chi connectivity index (χ1n) is 10.1. The first kappa shape index (κ1) is 22.5. The molecule has 29 heavy (non-hydrogen) atoms. The molecule has 2 amide bonds. The van der Waals surface area contributed by atoms with Crippen LogP contribution in [0.1, 0.15) is 42.5 Å². The van der Waals surface area contributed by atoms with Crippen LogP contribution < -0.4 is 10.1 Å². The average Bonchev–Trinajstić information content (AvgIpc) is 2.69. The smallest absolute Gasteiger partial charge is 0.261 e. The summed E-state index contributed by atoms with van der Waals surface area (Å²) >= 11 is 0. The van der Waals surface area contributed by atoms with Crippen LogP contribution >= 0.6 is 0 Å². The Bertz CT molecular complexity index is 848. The number of rotatable bonds is 9. The maximum Gasteiger partial charge on any atom is 0.261 e. The first-order chi connectivity index (χ1) is 13.8. The van der Waals surface area contributed by atoms with Gasteiger partial charge < -0.3 is 15.0 Å². The maximum absolute atomic E-state index is 13.0. The molecule has 5 heteroatoms. The number of amides is 2. The van der Waals surface area contributed by atoms with E-state index >= 15 is 0 Å². The topological polar surface area (TPSA) is 58.6 Å². The van der Waals surface area contributed by atoms with Gasteiger partial charge in [-0.05, 0) is 51.3 Å². The highest BCUT2D eigenvalue weighted by Crippen LogP contribution is 2.19. The summed E-state index contributed by atoms with van der Waals surface area (Å²) in [5.41, 5.74) is 4.23. The lowest BCUT2D eigenvalue weighted by molar-refractivity contribution is -0.142. The van der Waals surface area contributed by atoms with E-state index in [4.69, 9.17) is 4.74 Å². The van der Waals surface area contributed by atoms with Gasteiger partial charge in [-0.3, -0.25) is 9.59 Å². The molecule has 156 valence electrons. The third-order valence-corrected chi connectivity index (χ3v) is 4.83. The molecule has 0 aliphatic carbocycles. The zero-order valence-electron chi connectivity index (χ0n) is 18.1. The minimum atomic E-state index is -0.586. The second-order valence-corrected chi connectivity index (χ2v) is 7.54. The SMILES string of the molecule is CCCNC(=O)[C@@H](C)N(Cc1cccc(C)c1)C(=O)COc1ccc(C)cc1C. The summed E-state index contributed by atoms with van der Waals surface area (Å²) in [6.45, 7) is 10.6. The van der Waals surface area contributed by atoms with Crippen molar-refractivity contribution in [1.29, 1.82) is 0 Å². The minimum Gasteiger partial charge on any atom is -0.483 e. The monoisotopic (exact) mass is 396 g/mol. The number of carbonyl (C=O) groups excluding carboxylic acids is 2. The zero-order chi connectivity index (χ0) is 21.4. The van der Waals surface area contributed by atoms with Crippen LogP contribution in [0.2, 0.25) is 0 Å². The molecule has 0 aromatic heterocycles. The standard InChI is InChI=1S/C24H32N2O3/c1-6-12-25-24(28)20(5)26(15-21-9-7-8-17(2)14-21)23(27)16-29-22-11-10-18(3)13-19(22)4/h7-11,13-14,20H,6,12,15-16H2,1-5H3,(H,25,28)/t20-/m1/s1. The molecule has 1 atom stereocenters. The van der Waals surface area contributed by atoms with Gasteiger partial charge in [0.1, 0.15) is 11.8 Å². The molecule has 1 N–H and O–H groups in total. The highest BCUT2D eigenvalue weighted by molar-refractivity contribution is 5.87. The van der Waals surface area contributed by atoms with Crippen LogP contribution in [0.15, 0.2) is 42.5 Å². The van der Waals surface area contributed by atoms with Gasteiger partial charge in [0.05, 0.1) is 0 Å². The van der Waals surface area contributed by atoms with Crippen LogP contribution in [0, 0.1) is 20.8 Å². The number of nitrogens with one attached hydrogen (secondary N) is 1. The van der Waals surface area contributed by atoms with E-state index in [-0.39, 0.29) is 18.4 Å². The number of hydrogen-bond acceptors (Lipinski definition) is 3. The van der Waals surface area contributed by atoms with Gasteiger partial charge in [-0.2, -0.15) is 0 Å². The van der Waals surface area contributed by atoms with Gasteiger partial charge in [-0.25, -0.2) is 0 Å². The molecule has 0 saturated heterocycles. The molecule has 2 rings (SSSR count). The summed E-state index contributed by atoms with van der Waals surface area (Å²) in [6.07, 6.45) is 0.847. The van der Waals surface area contributed by atoms with Crippen LogP contribution in [0.5, 0.6) is 5.75 Å². The maximum atomic E-state index is 13.0. The Morgan fingerprint density at radius 2 is 1.79 bits per heavy atom. The Balaban J connectivity index is 2.15. The van der Waals surface area contributed by atoms with Gasteiger partial charge in [-0.1, -0.05) is 54.4 Å². The summed E-state index contributed by atoms with van der Waals surface area (Å²) in [6, 6.07) is 13.2. The predicted molar refractivity (Wildman–Crippen MR) is 116 cm³/mol. The van der Waals surface area contributed by atoms with Crippen molar-refractivity contribution in [3.05, 3.63) is 64.7 Å². The van der Waals surface area contributed by atoms with Crippen LogP contribution in [0.4, 0.5) is 0 Å². The molecule has 0 aliphatic heterocycles. The largest absolute Gasteiger partial charge is 0.483 e. The van der Waals surface area contributed by atoms with Crippen molar-refractivity contribution in [1.82, 2.24) is 10.2 Å². The van der Waals surface area contributed by atoms with Crippen molar-refractivity contribution in [2.24, 2.45) is 0 Å². The molecule has 0 aliphatic rings. The van der Waals surface area contributed by atoms with Crippen molar-refractivity contribution < 1.29 is 14.3 Å². The zero-order valence-corrected chi connectivity index (χ0v) is 18.1. The third kappa shape index (κ3) is 6.63. The minimum absolute atomic E-state index is 0.110. The molecule has 0 heterocycles. The summed E-state index contributed by atoms with van der Waals surface area (Å²) in [5.74, 6) is 0.313. The average molecular weight is 397 g/mol. The van der Waals surface area contributed by atoms with Gasteiger partial charge in [0.15, 0.2) is 6.61 Å². The lowest BCUT2D eigenvalue weighted by Crippen LogP contribution is -2.49. The van der Waals surface area contributed by atoms with Crippen molar-refractivity contribution >= 4 is 11.8 Å². The fourth-order valence-electron chi connectivity index (χ4n) is 3.17. The number of carbonyl (C=O) groups is 2. The van der Waals surface area contributed by atoms with E-state index in [1.165, 1.54) is 0 Å². The number of aryl methyl sites for hydroxylation is 3. The summed E-state index contributed by atoms with van der Waals surface area (Å²) in [5, 5.41) is 2.88. The van der Waals surface area contributed by atoms with Crippen LogP contribution in [-0.4, -0.2) is 35.9 Å². The van der Waals surface area contributed by atoms with Crippen molar-refractivity contribution in [2.45, 2.75) is 53.6 Å². The molecular weight excluding hydrogens is 364 g/mol. The molecule has 2 aromatic carbocycles. The molecular formula is C24H32N2O3. The normalized spacial score (nSPS) is 11.6. The lowest BCUT2D eigenvalue weighted by Gasteiger charge is -2.29. The number of ether oxygens (including phenoxy) is 1. The lowest BCUT2D eigenvalue weighted by atomic mass is 10.1. The fourth-order valence-corrected chi connectivity index (χ4v) is 3.17. The molecule has 0 fully saturated rings. The summed E-state index contributed by atoms with van der Waals surface area (Å²) < 4.78 is 5.78. The summed E-state index contributed by atoms with van der Waals surface area (Å²) in [7, 11) is 0. The second-order valence-electron chi connectivity index (χ2n) is 7.54. The quantitative estimate of drug-likeness (QED) is 0.699.